The fourth-order valence-electron chi connectivity index (χ4n) is 9.22. The maximum Gasteiger partial charge on any atom is 0.251 e. The van der Waals surface area contributed by atoms with Crippen molar-refractivity contribution in [3.63, 3.8) is 0 Å². The molecule has 2 aliphatic rings. The Balaban J connectivity index is 1.23. The summed E-state index contributed by atoms with van der Waals surface area (Å²) in [7, 11) is 0. The molecule has 3 heterocycles. The van der Waals surface area contributed by atoms with E-state index in [4.69, 9.17) is 4.74 Å². The predicted molar refractivity (Wildman–Crippen MR) is 223 cm³/mol. The number of rotatable bonds is 4. The SMILES string of the molecule is c1ccc(C2(c3ccccc3)c3ccccc3N(c3cccc4sc5cccc(B6c7ccccc7Oc7ccccc76)c5c34)c3ccccc32)cc1. The van der Waals surface area contributed by atoms with E-state index in [0.717, 1.165) is 11.5 Å². The first-order chi connectivity index (χ1) is 26.3. The lowest BCUT2D eigenvalue weighted by Gasteiger charge is -2.46. The van der Waals surface area contributed by atoms with Gasteiger partial charge in [-0.25, -0.2) is 0 Å². The molecule has 0 atom stereocenters. The van der Waals surface area contributed by atoms with E-state index in [9.17, 15) is 0 Å². The van der Waals surface area contributed by atoms with Gasteiger partial charge in [-0.05, 0) is 81.0 Å². The van der Waals surface area contributed by atoms with Crippen molar-refractivity contribution in [1.29, 1.82) is 0 Å². The van der Waals surface area contributed by atoms with Crippen molar-refractivity contribution in [3.05, 3.63) is 216 Å². The third kappa shape index (κ3) is 4.33. The lowest BCUT2D eigenvalue weighted by Crippen LogP contribution is -2.55. The molecular weight excluding hydrogens is 661 g/mol. The number of para-hydroxylation sites is 4. The van der Waals surface area contributed by atoms with Crippen LogP contribution in [-0.4, -0.2) is 6.71 Å². The summed E-state index contributed by atoms with van der Waals surface area (Å²) >= 11 is 1.88. The smallest absolute Gasteiger partial charge is 0.251 e. The molecule has 1 aromatic heterocycles. The summed E-state index contributed by atoms with van der Waals surface area (Å²) in [6.45, 7) is 0.0236. The normalized spacial score (nSPS) is 13.9. The Morgan fingerprint density at radius 3 is 1.45 bits per heavy atom. The molecule has 0 saturated heterocycles. The monoisotopic (exact) mass is 693 g/mol. The summed E-state index contributed by atoms with van der Waals surface area (Å²) in [6, 6.07) is 70.9. The second-order valence-corrected chi connectivity index (χ2v) is 15.0. The Bertz CT molecular complexity index is 2710. The molecule has 0 aliphatic carbocycles. The van der Waals surface area contributed by atoms with Gasteiger partial charge in [0.25, 0.3) is 6.71 Å². The molecule has 0 amide bonds. The molecule has 0 radical (unpaired) electrons. The molecule has 2 aliphatic heterocycles. The zero-order chi connectivity index (χ0) is 34.9. The lowest BCUT2D eigenvalue weighted by atomic mass is 9.35. The van der Waals surface area contributed by atoms with Gasteiger partial charge in [0.2, 0.25) is 0 Å². The maximum atomic E-state index is 6.49. The van der Waals surface area contributed by atoms with E-state index in [1.165, 1.54) is 75.9 Å². The molecule has 9 aromatic rings. The first-order valence-electron chi connectivity index (χ1n) is 18.2. The van der Waals surface area contributed by atoms with Crippen LogP contribution in [0.3, 0.4) is 0 Å². The first kappa shape index (κ1) is 30.3. The molecule has 11 rings (SSSR count). The van der Waals surface area contributed by atoms with Crippen LogP contribution in [0.1, 0.15) is 22.3 Å². The van der Waals surface area contributed by atoms with Gasteiger partial charge in [-0.3, -0.25) is 0 Å². The van der Waals surface area contributed by atoms with Gasteiger partial charge >= 0.3 is 0 Å². The second kappa shape index (κ2) is 11.8. The molecular formula is C49H32BNOS. The van der Waals surface area contributed by atoms with Gasteiger partial charge < -0.3 is 9.64 Å². The summed E-state index contributed by atoms with van der Waals surface area (Å²) in [6.07, 6.45) is 0. The largest absolute Gasteiger partial charge is 0.458 e. The number of fused-ring (bicyclic) bond motifs is 7. The van der Waals surface area contributed by atoms with Crippen LogP contribution in [0.5, 0.6) is 11.5 Å². The molecule has 0 N–H and O–H groups in total. The number of thiophene rings is 1. The van der Waals surface area contributed by atoms with Gasteiger partial charge in [-0.2, -0.15) is 0 Å². The Kier molecular flexibility index (Phi) is 6.77. The highest BCUT2D eigenvalue weighted by Gasteiger charge is 2.46. The molecule has 0 fully saturated rings. The zero-order valence-corrected chi connectivity index (χ0v) is 29.6. The van der Waals surface area contributed by atoms with Gasteiger partial charge in [-0.15, -0.1) is 11.3 Å². The van der Waals surface area contributed by atoms with Crippen LogP contribution in [0.25, 0.3) is 20.2 Å². The predicted octanol–water partition coefficient (Wildman–Crippen LogP) is 10.8. The molecule has 0 spiro atoms. The number of ether oxygens (including phenoxy) is 1. The van der Waals surface area contributed by atoms with Crippen molar-refractivity contribution >= 4 is 71.7 Å². The Morgan fingerprint density at radius 2 is 0.849 bits per heavy atom. The van der Waals surface area contributed by atoms with Crippen molar-refractivity contribution in [1.82, 2.24) is 0 Å². The minimum absolute atomic E-state index is 0.0236. The topological polar surface area (TPSA) is 12.5 Å². The summed E-state index contributed by atoms with van der Waals surface area (Å²) in [4.78, 5) is 2.53. The van der Waals surface area contributed by atoms with Gasteiger partial charge in [-0.1, -0.05) is 157 Å². The molecule has 0 unspecified atom stereocenters. The highest BCUT2D eigenvalue weighted by atomic mass is 32.1. The van der Waals surface area contributed by atoms with Crippen LogP contribution in [0.4, 0.5) is 17.1 Å². The van der Waals surface area contributed by atoms with Gasteiger partial charge in [0.05, 0.1) is 22.5 Å². The molecule has 248 valence electrons. The molecule has 0 bridgehead atoms. The van der Waals surface area contributed by atoms with Crippen LogP contribution >= 0.6 is 11.3 Å². The van der Waals surface area contributed by atoms with E-state index in [2.05, 4.69) is 199 Å². The average Bonchev–Trinajstić information content (AvgIpc) is 3.62. The van der Waals surface area contributed by atoms with Crippen molar-refractivity contribution in [2.24, 2.45) is 0 Å². The quantitative estimate of drug-likeness (QED) is 0.170. The summed E-state index contributed by atoms with van der Waals surface area (Å²) in [5.74, 6) is 1.84. The fraction of sp³-hybridized carbons (Fsp3) is 0.0204. The van der Waals surface area contributed by atoms with E-state index in [-0.39, 0.29) is 6.71 Å². The highest BCUT2D eigenvalue weighted by Crippen LogP contribution is 2.58. The standard InChI is InChI=1S/C49H32BNOS/c1-3-17-33(18-4-1)49(34-19-5-2-6-20-34)35-21-7-11-26-40(35)51(41-27-12-8-22-36(41)49)42-28-16-32-46-48(42)47-39(25-15-31-45(47)53-46)50-37-23-9-13-29-43(37)52-44-30-14-10-24-38(44)50/h1-32H. The number of nitrogens with zero attached hydrogens (tertiary/aromatic N) is 1. The van der Waals surface area contributed by atoms with Gasteiger partial charge in [0, 0.05) is 14.8 Å². The van der Waals surface area contributed by atoms with Crippen LogP contribution in [0.15, 0.2) is 194 Å². The minimum atomic E-state index is -0.516. The summed E-state index contributed by atoms with van der Waals surface area (Å²) in [5.41, 5.74) is 11.8. The maximum absolute atomic E-state index is 6.49. The Hall–Kier alpha value is -6.36. The van der Waals surface area contributed by atoms with Crippen LogP contribution in [0, 0.1) is 0 Å². The molecule has 4 heteroatoms. The van der Waals surface area contributed by atoms with Crippen LogP contribution in [-0.2, 0) is 5.41 Å². The van der Waals surface area contributed by atoms with Crippen molar-refractivity contribution in [2.45, 2.75) is 5.41 Å². The van der Waals surface area contributed by atoms with E-state index in [1.54, 1.807) is 0 Å². The first-order valence-corrected chi connectivity index (χ1v) is 19.0. The lowest BCUT2D eigenvalue weighted by molar-refractivity contribution is 0.487. The average molecular weight is 694 g/mol. The van der Waals surface area contributed by atoms with E-state index in [0.29, 0.717) is 0 Å². The summed E-state index contributed by atoms with van der Waals surface area (Å²) in [5, 5.41) is 2.58. The molecule has 2 nitrogen and oxygen atoms in total. The minimum Gasteiger partial charge on any atom is -0.458 e. The summed E-state index contributed by atoms with van der Waals surface area (Å²) < 4.78 is 9.05. The van der Waals surface area contributed by atoms with E-state index in [1.807, 2.05) is 11.3 Å². The van der Waals surface area contributed by atoms with Crippen LogP contribution < -0.4 is 26.0 Å². The number of hydrogen-bond acceptors (Lipinski definition) is 3. The van der Waals surface area contributed by atoms with Crippen LogP contribution in [0.2, 0.25) is 0 Å². The third-order valence-electron chi connectivity index (χ3n) is 11.3. The molecule has 8 aromatic carbocycles. The van der Waals surface area contributed by atoms with Gasteiger partial charge in [0.15, 0.2) is 0 Å². The van der Waals surface area contributed by atoms with E-state index >= 15 is 0 Å². The van der Waals surface area contributed by atoms with E-state index < -0.39 is 5.41 Å². The van der Waals surface area contributed by atoms with Crippen molar-refractivity contribution < 1.29 is 4.74 Å². The fourth-order valence-corrected chi connectivity index (χ4v) is 10.4. The second-order valence-electron chi connectivity index (χ2n) is 13.9. The Labute approximate surface area is 313 Å². The Morgan fingerprint density at radius 1 is 0.396 bits per heavy atom. The van der Waals surface area contributed by atoms with Crippen molar-refractivity contribution in [3.8, 4) is 11.5 Å². The molecule has 53 heavy (non-hydrogen) atoms. The van der Waals surface area contributed by atoms with Crippen molar-refractivity contribution in [2.75, 3.05) is 4.90 Å². The number of anilines is 3. The highest BCUT2D eigenvalue weighted by molar-refractivity contribution is 7.26. The van der Waals surface area contributed by atoms with Gasteiger partial charge in [0.1, 0.15) is 11.5 Å². The zero-order valence-electron chi connectivity index (χ0n) is 28.8. The number of hydrogen-bond donors (Lipinski definition) is 0. The number of benzene rings is 8. The third-order valence-corrected chi connectivity index (χ3v) is 12.4. The molecule has 0 saturated carbocycles.